The van der Waals surface area contributed by atoms with E-state index in [2.05, 4.69) is 27.6 Å². The van der Waals surface area contributed by atoms with E-state index in [1.54, 1.807) is 19.2 Å². The van der Waals surface area contributed by atoms with Gasteiger partial charge in [-0.3, -0.25) is 4.99 Å². The Balaban J connectivity index is 0.00000364. The molecule has 0 aromatic heterocycles. The summed E-state index contributed by atoms with van der Waals surface area (Å²) >= 11 is 0. The van der Waals surface area contributed by atoms with Gasteiger partial charge in [-0.15, -0.1) is 24.0 Å². The molecule has 27 heavy (non-hydrogen) atoms. The molecule has 0 amide bonds. The van der Waals surface area contributed by atoms with Gasteiger partial charge in [-0.1, -0.05) is 12.1 Å². The summed E-state index contributed by atoms with van der Waals surface area (Å²) in [5, 5.41) is 6.42. The largest absolute Gasteiger partial charge is 0.484 e. The number of hydrogen-bond donors (Lipinski definition) is 2. The maximum absolute atomic E-state index is 12.4. The highest BCUT2D eigenvalue weighted by Crippen LogP contribution is 2.23. The zero-order valence-corrected chi connectivity index (χ0v) is 18.2. The Bertz CT molecular complexity index is 625. The van der Waals surface area contributed by atoms with Gasteiger partial charge < -0.3 is 20.3 Å². The lowest BCUT2D eigenvalue weighted by molar-refractivity contribution is -0.153. The van der Waals surface area contributed by atoms with E-state index in [1.165, 1.54) is 6.42 Å². The summed E-state index contributed by atoms with van der Waals surface area (Å²) in [5.41, 5.74) is 1.50. The Morgan fingerprint density at radius 2 is 2.07 bits per heavy atom. The van der Waals surface area contributed by atoms with E-state index in [-0.39, 0.29) is 29.7 Å². The second-order valence-corrected chi connectivity index (χ2v) is 6.60. The third-order valence-electron chi connectivity index (χ3n) is 4.46. The molecule has 0 bridgehead atoms. The number of guanidine groups is 1. The maximum atomic E-state index is 12.4. The number of rotatable bonds is 6. The van der Waals surface area contributed by atoms with Crippen LogP contribution in [0.1, 0.15) is 24.0 Å². The van der Waals surface area contributed by atoms with Crippen molar-refractivity contribution >= 4 is 29.9 Å². The van der Waals surface area contributed by atoms with Crippen LogP contribution in [0.25, 0.3) is 0 Å². The first kappa shape index (κ1) is 23.8. The van der Waals surface area contributed by atoms with Gasteiger partial charge in [0.1, 0.15) is 5.75 Å². The van der Waals surface area contributed by atoms with Crippen LogP contribution in [0.3, 0.4) is 0 Å². The number of halogens is 4. The minimum atomic E-state index is -4.36. The van der Waals surface area contributed by atoms with Crippen molar-refractivity contribution in [3.8, 4) is 5.75 Å². The molecular formula is C18H28F3IN4O. The normalized spacial score (nSPS) is 18.1. The quantitative estimate of drug-likeness (QED) is 0.358. The van der Waals surface area contributed by atoms with Crippen molar-refractivity contribution < 1.29 is 17.9 Å². The molecule has 5 nitrogen and oxygen atoms in total. The van der Waals surface area contributed by atoms with Gasteiger partial charge >= 0.3 is 6.18 Å². The fourth-order valence-electron chi connectivity index (χ4n) is 2.95. The van der Waals surface area contributed by atoms with Crippen molar-refractivity contribution in [1.82, 2.24) is 15.5 Å². The van der Waals surface area contributed by atoms with Gasteiger partial charge in [-0.2, -0.15) is 13.2 Å². The fraction of sp³-hybridized carbons (Fsp3) is 0.611. The van der Waals surface area contributed by atoms with Gasteiger partial charge in [0.25, 0.3) is 0 Å². The van der Waals surface area contributed by atoms with Crippen molar-refractivity contribution in [3.63, 3.8) is 0 Å². The Hall–Kier alpha value is -1.23. The van der Waals surface area contributed by atoms with E-state index in [0.717, 1.165) is 25.1 Å². The van der Waals surface area contributed by atoms with Crippen LogP contribution in [0.4, 0.5) is 13.2 Å². The number of nitrogens with one attached hydrogen (secondary N) is 2. The maximum Gasteiger partial charge on any atom is 0.422 e. The van der Waals surface area contributed by atoms with Gasteiger partial charge in [0, 0.05) is 31.7 Å². The summed E-state index contributed by atoms with van der Waals surface area (Å²) in [6, 6.07) is 5.71. The lowest BCUT2D eigenvalue weighted by Crippen LogP contribution is -2.43. The zero-order chi connectivity index (χ0) is 19.2. The number of ether oxygens (including phenoxy) is 1. The Kier molecular flexibility index (Phi) is 9.65. The Morgan fingerprint density at radius 3 is 2.67 bits per heavy atom. The highest BCUT2D eigenvalue weighted by atomic mass is 127. The smallest absolute Gasteiger partial charge is 0.422 e. The van der Waals surface area contributed by atoms with E-state index >= 15 is 0 Å². The third-order valence-corrected chi connectivity index (χ3v) is 4.46. The van der Waals surface area contributed by atoms with E-state index in [1.807, 2.05) is 13.0 Å². The molecule has 1 aliphatic heterocycles. The second-order valence-electron chi connectivity index (χ2n) is 6.60. The number of aliphatic imine (C=N–C) groups is 1. The molecule has 1 atom stereocenters. The highest BCUT2D eigenvalue weighted by molar-refractivity contribution is 14.0. The predicted octanol–water partition coefficient (Wildman–Crippen LogP) is 3.31. The SMILES string of the molecule is CN=C(NCc1ccc(C)cc1OCC(F)(F)F)NCC1CCCN1C.I. The van der Waals surface area contributed by atoms with E-state index < -0.39 is 12.8 Å². The second kappa shape index (κ2) is 10.9. The topological polar surface area (TPSA) is 48.9 Å². The van der Waals surface area contributed by atoms with Gasteiger partial charge in [0.2, 0.25) is 0 Å². The summed E-state index contributed by atoms with van der Waals surface area (Å²) in [6.07, 6.45) is -2.02. The van der Waals surface area contributed by atoms with Gasteiger partial charge in [0.05, 0.1) is 0 Å². The average molecular weight is 500 g/mol. The number of benzene rings is 1. The molecule has 0 aliphatic carbocycles. The highest BCUT2D eigenvalue weighted by Gasteiger charge is 2.28. The lowest BCUT2D eigenvalue weighted by atomic mass is 10.1. The number of likely N-dealkylation sites (N-methyl/N-ethyl adjacent to an activating group) is 1. The average Bonchev–Trinajstić information content (AvgIpc) is 2.99. The number of aryl methyl sites for hydroxylation is 1. The summed E-state index contributed by atoms with van der Waals surface area (Å²) in [6.45, 7) is 2.72. The minimum Gasteiger partial charge on any atom is -0.484 e. The van der Waals surface area contributed by atoms with Crippen molar-refractivity contribution in [1.29, 1.82) is 0 Å². The summed E-state index contributed by atoms with van der Waals surface area (Å²) in [4.78, 5) is 6.49. The minimum absolute atomic E-state index is 0. The van der Waals surface area contributed by atoms with Crippen LogP contribution in [0.15, 0.2) is 23.2 Å². The molecule has 0 saturated carbocycles. The molecule has 1 aromatic rings. The molecule has 2 N–H and O–H groups in total. The molecule has 1 unspecified atom stereocenters. The van der Waals surface area contributed by atoms with E-state index in [4.69, 9.17) is 4.74 Å². The molecule has 1 fully saturated rings. The van der Waals surface area contributed by atoms with E-state index in [9.17, 15) is 13.2 Å². The van der Waals surface area contributed by atoms with Crippen molar-refractivity contribution in [2.24, 2.45) is 4.99 Å². The summed E-state index contributed by atoms with van der Waals surface area (Å²) in [7, 11) is 3.77. The first-order valence-corrected chi connectivity index (χ1v) is 8.72. The zero-order valence-electron chi connectivity index (χ0n) is 15.9. The molecule has 2 rings (SSSR count). The molecule has 9 heteroatoms. The molecule has 0 radical (unpaired) electrons. The Morgan fingerprint density at radius 1 is 1.33 bits per heavy atom. The van der Waals surface area contributed by atoms with Crippen LogP contribution in [0.2, 0.25) is 0 Å². The molecule has 0 spiro atoms. The number of likely N-dealkylation sites (tertiary alicyclic amines) is 1. The summed E-state index contributed by atoms with van der Waals surface area (Å²) in [5.74, 6) is 0.855. The molecule has 1 aromatic carbocycles. The molecule has 1 aliphatic rings. The van der Waals surface area contributed by atoms with Gasteiger partial charge in [-0.05, 0) is 45.0 Å². The van der Waals surface area contributed by atoms with E-state index in [0.29, 0.717) is 24.1 Å². The monoisotopic (exact) mass is 500 g/mol. The van der Waals surface area contributed by atoms with Crippen LogP contribution < -0.4 is 15.4 Å². The van der Waals surface area contributed by atoms with Gasteiger partial charge in [0.15, 0.2) is 12.6 Å². The molecule has 154 valence electrons. The third kappa shape index (κ3) is 8.12. The predicted molar refractivity (Wildman–Crippen MR) is 112 cm³/mol. The number of hydrogen-bond acceptors (Lipinski definition) is 3. The first-order valence-electron chi connectivity index (χ1n) is 8.72. The summed E-state index contributed by atoms with van der Waals surface area (Å²) < 4.78 is 42.3. The van der Waals surface area contributed by atoms with Crippen LogP contribution in [0, 0.1) is 6.92 Å². The van der Waals surface area contributed by atoms with Crippen LogP contribution >= 0.6 is 24.0 Å². The standard InChI is InChI=1S/C18H27F3N4O.HI/c1-13-6-7-14(16(9-13)26-12-18(19,20)21)10-23-17(22-2)24-11-15-5-4-8-25(15)3;/h6-7,9,15H,4-5,8,10-12H2,1-3H3,(H2,22,23,24);1H. The molecule has 1 saturated heterocycles. The van der Waals surface area contributed by atoms with Crippen LogP contribution in [0.5, 0.6) is 5.75 Å². The van der Waals surface area contributed by atoms with Crippen molar-refractivity contribution in [2.75, 3.05) is 33.8 Å². The van der Waals surface area contributed by atoms with Gasteiger partial charge in [-0.25, -0.2) is 0 Å². The Labute approximate surface area is 175 Å². The fourth-order valence-corrected chi connectivity index (χ4v) is 2.95. The van der Waals surface area contributed by atoms with Crippen LogP contribution in [-0.4, -0.2) is 56.9 Å². The lowest BCUT2D eigenvalue weighted by Gasteiger charge is -2.21. The molecular weight excluding hydrogens is 472 g/mol. The number of nitrogens with zero attached hydrogens (tertiary/aromatic N) is 2. The number of alkyl halides is 3. The first-order chi connectivity index (χ1) is 12.3. The van der Waals surface area contributed by atoms with Crippen molar-refractivity contribution in [3.05, 3.63) is 29.3 Å². The van der Waals surface area contributed by atoms with Crippen LogP contribution in [-0.2, 0) is 6.54 Å². The molecule has 1 heterocycles. The van der Waals surface area contributed by atoms with Crippen molar-refractivity contribution in [2.45, 2.75) is 38.5 Å².